The first-order chi connectivity index (χ1) is 9.15. The summed E-state index contributed by atoms with van der Waals surface area (Å²) < 4.78 is 13.0. The highest BCUT2D eigenvalue weighted by Gasteiger charge is 2.39. The molecule has 1 aromatic rings. The second kappa shape index (κ2) is 4.93. The molecule has 3 nitrogen and oxygen atoms in total. The highest BCUT2D eigenvalue weighted by Crippen LogP contribution is 2.35. The van der Waals surface area contributed by atoms with Gasteiger partial charge in [0.05, 0.1) is 6.54 Å². The zero-order valence-electron chi connectivity index (χ0n) is 11.1. The van der Waals surface area contributed by atoms with Crippen molar-refractivity contribution >= 4 is 5.91 Å². The molecule has 1 saturated heterocycles. The van der Waals surface area contributed by atoms with Crippen LogP contribution < -0.4 is 5.32 Å². The molecule has 0 aromatic heterocycles. The highest BCUT2D eigenvalue weighted by atomic mass is 19.1. The molecule has 1 saturated carbocycles. The Kier molecular flexibility index (Phi) is 3.27. The summed E-state index contributed by atoms with van der Waals surface area (Å²) in [6.45, 7) is 2.62. The molecule has 1 aliphatic carbocycles. The van der Waals surface area contributed by atoms with Crippen LogP contribution in [0.3, 0.4) is 0 Å². The van der Waals surface area contributed by atoms with Crippen LogP contribution in [-0.2, 0) is 4.79 Å². The van der Waals surface area contributed by atoms with E-state index in [-0.39, 0.29) is 17.9 Å². The largest absolute Gasteiger partial charge is 0.319 e. The Morgan fingerprint density at radius 1 is 1.26 bits per heavy atom. The molecular weight excluding hydrogens is 243 g/mol. The summed E-state index contributed by atoms with van der Waals surface area (Å²) in [6, 6.07) is 6.76. The van der Waals surface area contributed by atoms with Gasteiger partial charge in [-0.15, -0.1) is 0 Å². The number of amides is 1. The molecule has 0 radical (unpaired) electrons. The maximum Gasteiger partial charge on any atom is 0.238 e. The fraction of sp³-hybridized carbons (Fsp3) is 0.533. The number of hydrogen-bond acceptors (Lipinski definition) is 2. The second-order valence-corrected chi connectivity index (χ2v) is 5.71. The molecule has 0 bridgehead atoms. The molecule has 3 rings (SSSR count). The maximum absolute atomic E-state index is 13.0. The van der Waals surface area contributed by atoms with Crippen LogP contribution in [0.25, 0.3) is 0 Å². The van der Waals surface area contributed by atoms with Gasteiger partial charge in [0.1, 0.15) is 12.0 Å². The number of benzene rings is 1. The van der Waals surface area contributed by atoms with Crippen molar-refractivity contribution in [1.29, 1.82) is 0 Å². The third-order valence-corrected chi connectivity index (χ3v) is 4.26. The molecule has 1 heterocycles. The van der Waals surface area contributed by atoms with Gasteiger partial charge in [0.15, 0.2) is 0 Å². The molecule has 2 fully saturated rings. The zero-order chi connectivity index (χ0) is 13.4. The summed E-state index contributed by atoms with van der Waals surface area (Å²) in [5.41, 5.74) is 0.965. The van der Waals surface area contributed by atoms with Gasteiger partial charge < -0.3 is 4.90 Å². The van der Waals surface area contributed by atoms with Crippen molar-refractivity contribution in [3.63, 3.8) is 0 Å². The Hall–Kier alpha value is -1.42. The van der Waals surface area contributed by atoms with E-state index in [1.165, 1.54) is 18.6 Å². The lowest BCUT2D eigenvalue weighted by Gasteiger charge is -2.30. The predicted molar refractivity (Wildman–Crippen MR) is 70.8 cm³/mol. The van der Waals surface area contributed by atoms with Crippen molar-refractivity contribution < 1.29 is 9.18 Å². The van der Waals surface area contributed by atoms with Crippen LogP contribution in [0, 0.1) is 11.7 Å². The van der Waals surface area contributed by atoms with E-state index in [0.29, 0.717) is 18.5 Å². The fourth-order valence-corrected chi connectivity index (χ4v) is 3.29. The number of nitrogens with one attached hydrogen (secondary N) is 1. The van der Waals surface area contributed by atoms with Gasteiger partial charge >= 0.3 is 0 Å². The van der Waals surface area contributed by atoms with Crippen LogP contribution >= 0.6 is 0 Å². The molecule has 1 aliphatic heterocycles. The van der Waals surface area contributed by atoms with E-state index in [1.807, 2.05) is 4.90 Å². The first kappa shape index (κ1) is 12.6. The molecule has 1 N–H and O–H groups in total. The van der Waals surface area contributed by atoms with Crippen molar-refractivity contribution in [1.82, 2.24) is 10.2 Å². The van der Waals surface area contributed by atoms with Crippen LogP contribution in [-0.4, -0.2) is 23.4 Å². The summed E-state index contributed by atoms with van der Waals surface area (Å²) in [4.78, 5) is 14.1. The minimum absolute atomic E-state index is 0.0941. The number of carbonyl (C=O) groups is 1. The molecular formula is C15H19FN2O. The standard InChI is InChI=1S/C15H19FN2O/c1-10-2-7-13(8-10)18-14(19)9-17-15(18)11-3-5-12(16)6-4-11/h3-6,10,13,15,17H,2,7-9H2,1H3. The lowest BCUT2D eigenvalue weighted by Crippen LogP contribution is -2.38. The van der Waals surface area contributed by atoms with Crippen LogP contribution in [0.15, 0.2) is 24.3 Å². The molecule has 3 atom stereocenters. The first-order valence-electron chi connectivity index (χ1n) is 6.95. The van der Waals surface area contributed by atoms with Gasteiger partial charge in [-0.2, -0.15) is 0 Å². The van der Waals surface area contributed by atoms with E-state index < -0.39 is 0 Å². The van der Waals surface area contributed by atoms with Gasteiger partial charge in [0, 0.05) is 6.04 Å². The molecule has 4 heteroatoms. The predicted octanol–water partition coefficient (Wildman–Crippen LogP) is 2.44. The molecule has 2 aliphatic rings. The summed E-state index contributed by atoms with van der Waals surface area (Å²) in [7, 11) is 0. The van der Waals surface area contributed by atoms with Crippen LogP contribution in [0.1, 0.15) is 37.9 Å². The van der Waals surface area contributed by atoms with E-state index >= 15 is 0 Å². The van der Waals surface area contributed by atoms with E-state index in [9.17, 15) is 9.18 Å². The van der Waals surface area contributed by atoms with Crippen molar-refractivity contribution in [2.24, 2.45) is 5.92 Å². The van der Waals surface area contributed by atoms with Crippen LogP contribution in [0.4, 0.5) is 4.39 Å². The maximum atomic E-state index is 13.0. The smallest absolute Gasteiger partial charge is 0.238 e. The van der Waals surface area contributed by atoms with E-state index in [4.69, 9.17) is 0 Å². The van der Waals surface area contributed by atoms with Crippen molar-refractivity contribution in [3.05, 3.63) is 35.6 Å². The summed E-state index contributed by atoms with van der Waals surface area (Å²) in [6.07, 6.45) is 3.24. The SMILES string of the molecule is CC1CCC(N2C(=O)CNC2c2ccc(F)cc2)C1. The van der Waals surface area contributed by atoms with E-state index in [0.717, 1.165) is 18.4 Å². The van der Waals surface area contributed by atoms with Crippen molar-refractivity contribution in [3.8, 4) is 0 Å². The number of rotatable bonds is 2. The normalized spacial score (nSPS) is 31.2. The van der Waals surface area contributed by atoms with Gasteiger partial charge in [0.2, 0.25) is 5.91 Å². The van der Waals surface area contributed by atoms with Gasteiger partial charge in [0.25, 0.3) is 0 Å². The fourth-order valence-electron chi connectivity index (χ4n) is 3.29. The Morgan fingerprint density at radius 3 is 2.63 bits per heavy atom. The molecule has 0 spiro atoms. The van der Waals surface area contributed by atoms with Crippen molar-refractivity contribution in [2.45, 2.75) is 38.4 Å². The van der Waals surface area contributed by atoms with Crippen LogP contribution in [0.5, 0.6) is 0 Å². The Morgan fingerprint density at radius 2 is 2.00 bits per heavy atom. The second-order valence-electron chi connectivity index (χ2n) is 5.71. The Labute approximate surface area is 112 Å². The lowest BCUT2D eigenvalue weighted by molar-refractivity contribution is -0.130. The zero-order valence-corrected chi connectivity index (χ0v) is 11.1. The summed E-state index contributed by atoms with van der Waals surface area (Å²) in [5.74, 6) is 0.606. The van der Waals surface area contributed by atoms with E-state index in [2.05, 4.69) is 12.2 Å². The topological polar surface area (TPSA) is 32.3 Å². The van der Waals surface area contributed by atoms with Gasteiger partial charge in [-0.3, -0.25) is 10.1 Å². The quantitative estimate of drug-likeness (QED) is 0.888. The van der Waals surface area contributed by atoms with Gasteiger partial charge in [-0.1, -0.05) is 19.1 Å². The highest BCUT2D eigenvalue weighted by molar-refractivity contribution is 5.81. The van der Waals surface area contributed by atoms with E-state index in [1.54, 1.807) is 12.1 Å². The molecule has 1 amide bonds. The number of halogens is 1. The number of hydrogen-bond donors (Lipinski definition) is 1. The lowest BCUT2D eigenvalue weighted by atomic mass is 10.1. The minimum Gasteiger partial charge on any atom is -0.319 e. The van der Waals surface area contributed by atoms with Crippen molar-refractivity contribution in [2.75, 3.05) is 6.54 Å². The average molecular weight is 262 g/mol. The molecule has 3 unspecified atom stereocenters. The summed E-state index contributed by atoms with van der Waals surface area (Å²) in [5, 5.41) is 3.24. The number of nitrogens with zero attached hydrogens (tertiary/aromatic N) is 1. The minimum atomic E-state index is -0.242. The van der Waals surface area contributed by atoms with Crippen LogP contribution in [0.2, 0.25) is 0 Å². The average Bonchev–Trinajstić information content (AvgIpc) is 2.96. The monoisotopic (exact) mass is 262 g/mol. The molecule has 102 valence electrons. The van der Waals surface area contributed by atoms with Gasteiger partial charge in [-0.25, -0.2) is 4.39 Å². The van der Waals surface area contributed by atoms with Gasteiger partial charge in [-0.05, 0) is 42.9 Å². The first-order valence-corrected chi connectivity index (χ1v) is 6.95. The third kappa shape index (κ3) is 2.37. The molecule has 19 heavy (non-hydrogen) atoms. The Balaban J connectivity index is 1.84. The Bertz CT molecular complexity index is 474. The third-order valence-electron chi connectivity index (χ3n) is 4.26. The molecule has 1 aromatic carbocycles. The summed E-state index contributed by atoms with van der Waals surface area (Å²) >= 11 is 0. The number of carbonyl (C=O) groups excluding carboxylic acids is 1.